The first-order valence-corrected chi connectivity index (χ1v) is 7.85. The third kappa shape index (κ3) is 3.29. The van der Waals surface area contributed by atoms with Gasteiger partial charge in [-0.2, -0.15) is 8.78 Å². The summed E-state index contributed by atoms with van der Waals surface area (Å²) in [4.78, 5) is 1.03. The molecule has 0 atom stereocenters. The van der Waals surface area contributed by atoms with E-state index in [0.29, 0.717) is 4.90 Å². The largest absolute Gasteiger partial charge is 0.508 e. The Balaban J connectivity index is 2.21. The first-order chi connectivity index (χ1) is 9.39. The Morgan fingerprint density at radius 3 is 2.20 bits per heavy atom. The smallest absolute Gasteiger partial charge is 0.341 e. The second-order valence-electron chi connectivity index (χ2n) is 3.88. The summed E-state index contributed by atoms with van der Waals surface area (Å²) in [6.45, 7) is 0. The lowest BCUT2D eigenvalue weighted by Crippen LogP contribution is -2.10. The van der Waals surface area contributed by atoms with Crippen LogP contribution in [0.4, 0.5) is 8.78 Å². The summed E-state index contributed by atoms with van der Waals surface area (Å²) in [7, 11) is -4.56. The topological polar surface area (TPSA) is 54.4 Å². The number of rotatable bonds is 4. The van der Waals surface area contributed by atoms with Crippen molar-refractivity contribution >= 4 is 21.6 Å². The van der Waals surface area contributed by atoms with Crippen molar-refractivity contribution in [3.05, 3.63) is 48.5 Å². The zero-order chi connectivity index (χ0) is 14.8. The quantitative estimate of drug-likeness (QED) is 0.937. The molecule has 0 heterocycles. The molecule has 0 aromatic heterocycles. The fourth-order valence-electron chi connectivity index (χ4n) is 1.48. The van der Waals surface area contributed by atoms with Crippen molar-refractivity contribution in [3.8, 4) is 5.75 Å². The van der Waals surface area contributed by atoms with Crippen LogP contribution >= 0.6 is 11.8 Å². The van der Waals surface area contributed by atoms with Gasteiger partial charge in [-0.1, -0.05) is 17.8 Å². The molecule has 0 saturated carbocycles. The van der Waals surface area contributed by atoms with Crippen LogP contribution in [0.15, 0.2) is 63.2 Å². The molecule has 0 spiro atoms. The summed E-state index contributed by atoms with van der Waals surface area (Å²) >= 11 is 1.29. The molecule has 0 amide bonds. The number of phenols is 1. The van der Waals surface area contributed by atoms with E-state index < -0.39 is 20.5 Å². The van der Waals surface area contributed by atoms with Gasteiger partial charge in [-0.3, -0.25) is 0 Å². The number of hydrogen-bond donors (Lipinski definition) is 1. The summed E-state index contributed by atoms with van der Waals surface area (Å²) in [5, 5.41) is 9.33. The number of sulfone groups is 1. The van der Waals surface area contributed by atoms with Crippen molar-refractivity contribution < 1.29 is 22.3 Å². The van der Waals surface area contributed by atoms with Crippen LogP contribution in [0.1, 0.15) is 0 Å². The van der Waals surface area contributed by atoms with E-state index in [2.05, 4.69) is 0 Å². The number of benzene rings is 2. The molecule has 2 rings (SSSR count). The molecule has 0 saturated heterocycles. The first-order valence-electron chi connectivity index (χ1n) is 5.48. The van der Waals surface area contributed by atoms with Gasteiger partial charge in [0, 0.05) is 9.79 Å². The maximum Gasteiger partial charge on any atom is 0.341 e. The van der Waals surface area contributed by atoms with Gasteiger partial charge in [0.05, 0.1) is 4.90 Å². The van der Waals surface area contributed by atoms with Crippen LogP contribution in [-0.2, 0) is 9.84 Å². The van der Waals surface area contributed by atoms with E-state index in [1.54, 1.807) is 18.2 Å². The highest BCUT2D eigenvalue weighted by Gasteiger charge is 2.26. The van der Waals surface area contributed by atoms with Crippen LogP contribution in [0.2, 0.25) is 0 Å². The molecule has 0 unspecified atom stereocenters. The molecule has 20 heavy (non-hydrogen) atoms. The Labute approximate surface area is 119 Å². The lowest BCUT2D eigenvalue weighted by molar-refractivity contribution is 0.234. The minimum atomic E-state index is -4.56. The number of halogens is 2. The highest BCUT2D eigenvalue weighted by Crippen LogP contribution is 2.30. The van der Waals surface area contributed by atoms with Crippen LogP contribution in [0.3, 0.4) is 0 Å². The van der Waals surface area contributed by atoms with Crippen LogP contribution in [0.5, 0.6) is 5.75 Å². The number of hydrogen-bond acceptors (Lipinski definition) is 4. The molecular formula is C13H10F2O3S2. The molecule has 1 N–H and O–H groups in total. The van der Waals surface area contributed by atoms with Gasteiger partial charge in [0.25, 0.3) is 0 Å². The predicted molar refractivity (Wildman–Crippen MR) is 71.9 cm³/mol. The van der Waals surface area contributed by atoms with E-state index in [9.17, 15) is 22.3 Å². The molecule has 2 aromatic carbocycles. The number of alkyl halides is 2. The molecular weight excluding hydrogens is 306 g/mol. The van der Waals surface area contributed by atoms with Gasteiger partial charge in [-0.15, -0.1) is 0 Å². The van der Waals surface area contributed by atoms with Crippen molar-refractivity contribution in [2.45, 2.75) is 20.4 Å². The number of phenolic OH excluding ortho intramolecular Hbond substituents is 1. The summed E-state index contributed by atoms with van der Waals surface area (Å²) in [6, 6.07) is 11.7. The molecule has 0 aliphatic rings. The zero-order valence-electron chi connectivity index (χ0n) is 10.0. The van der Waals surface area contributed by atoms with E-state index in [1.165, 1.54) is 30.0 Å². The van der Waals surface area contributed by atoms with Gasteiger partial charge in [0.15, 0.2) is 0 Å². The molecule has 0 radical (unpaired) electrons. The van der Waals surface area contributed by atoms with Gasteiger partial charge >= 0.3 is 5.76 Å². The lowest BCUT2D eigenvalue weighted by atomic mass is 10.3. The van der Waals surface area contributed by atoms with E-state index in [0.717, 1.165) is 17.0 Å². The average molecular weight is 316 g/mol. The van der Waals surface area contributed by atoms with Crippen molar-refractivity contribution in [2.75, 3.05) is 0 Å². The Morgan fingerprint density at radius 2 is 1.65 bits per heavy atom. The van der Waals surface area contributed by atoms with Crippen LogP contribution in [0.25, 0.3) is 0 Å². The molecule has 0 bridgehead atoms. The fourth-order valence-corrected chi connectivity index (χ4v) is 3.08. The van der Waals surface area contributed by atoms with Gasteiger partial charge in [-0.25, -0.2) is 8.42 Å². The zero-order valence-corrected chi connectivity index (χ0v) is 11.7. The lowest BCUT2D eigenvalue weighted by Gasteiger charge is -2.05. The maximum atomic E-state index is 12.4. The van der Waals surface area contributed by atoms with Crippen molar-refractivity contribution in [2.24, 2.45) is 0 Å². The third-order valence-electron chi connectivity index (χ3n) is 2.44. The molecule has 0 fully saturated rings. The molecule has 0 aliphatic carbocycles. The molecule has 2 aromatic rings. The molecule has 7 heteroatoms. The summed E-state index contributed by atoms with van der Waals surface area (Å²) in [5.74, 6) is -3.31. The normalized spacial score (nSPS) is 11.8. The SMILES string of the molecule is O=S(=O)(c1ccc(Sc2cccc(O)c2)cc1)C(F)F. The first kappa shape index (κ1) is 14.8. The van der Waals surface area contributed by atoms with Crippen LogP contribution < -0.4 is 0 Å². The Hall–Kier alpha value is -1.60. The molecule has 106 valence electrons. The monoisotopic (exact) mass is 316 g/mol. The highest BCUT2D eigenvalue weighted by molar-refractivity contribution is 7.99. The van der Waals surface area contributed by atoms with Gasteiger partial charge in [0.2, 0.25) is 9.84 Å². The maximum absolute atomic E-state index is 12.4. The van der Waals surface area contributed by atoms with Crippen molar-refractivity contribution in [1.29, 1.82) is 0 Å². The Bertz CT molecular complexity index is 698. The Morgan fingerprint density at radius 1 is 1.00 bits per heavy atom. The fraction of sp³-hybridized carbons (Fsp3) is 0.0769. The highest BCUT2D eigenvalue weighted by atomic mass is 32.2. The third-order valence-corrected chi connectivity index (χ3v) is 4.84. The average Bonchev–Trinajstić information content (AvgIpc) is 2.39. The van der Waals surface area contributed by atoms with Crippen molar-refractivity contribution in [1.82, 2.24) is 0 Å². The van der Waals surface area contributed by atoms with E-state index in [4.69, 9.17) is 0 Å². The van der Waals surface area contributed by atoms with E-state index in [1.807, 2.05) is 0 Å². The molecule has 0 aliphatic heterocycles. The summed E-state index contributed by atoms with van der Waals surface area (Å²) in [5.41, 5.74) is 0. The number of aromatic hydroxyl groups is 1. The van der Waals surface area contributed by atoms with Gasteiger partial charge < -0.3 is 5.11 Å². The summed E-state index contributed by atoms with van der Waals surface area (Å²) in [6.07, 6.45) is 0. The van der Waals surface area contributed by atoms with E-state index >= 15 is 0 Å². The second-order valence-corrected chi connectivity index (χ2v) is 6.94. The minimum absolute atomic E-state index is 0.117. The van der Waals surface area contributed by atoms with Crippen LogP contribution in [0, 0.1) is 0 Å². The standard InChI is InChI=1S/C13H10F2O3S2/c14-13(15)20(17,18)12-6-4-10(5-7-12)19-11-3-1-2-9(16)8-11/h1-8,13,16H. The summed E-state index contributed by atoms with van der Waals surface area (Å²) < 4.78 is 47.3. The minimum Gasteiger partial charge on any atom is -0.508 e. The van der Waals surface area contributed by atoms with Crippen LogP contribution in [-0.4, -0.2) is 19.3 Å². The van der Waals surface area contributed by atoms with E-state index in [-0.39, 0.29) is 5.75 Å². The Kier molecular flexibility index (Phi) is 4.29. The predicted octanol–water partition coefficient (Wildman–Crippen LogP) is 3.54. The van der Waals surface area contributed by atoms with Gasteiger partial charge in [0.1, 0.15) is 5.75 Å². The van der Waals surface area contributed by atoms with Crippen molar-refractivity contribution in [3.63, 3.8) is 0 Å². The van der Waals surface area contributed by atoms with Gasteiger partial charge in [-0.05, 0) is 42.5 Å². The molecule has 3 nitrogen and oxygen atoms in total. The second kappa shape index (κ2) is 5.80.